The van der Waals surface area contributed by atoms with Gasteiger partial charge in [-0.1, -0.05) is 0 Å². The second kappa shape index (κ2) is 10.2. The molecule has 0 saturated carbocycles. The molecule has 0 heterocycles. The van der Waals surface area contributed by atoms with Gasteiger partial charge >= 0.3 is 35.3 Å². The van der Waals surface area contributed by atoms with Gasteiger partial charge in [0, 0.05) is 12.6 Å². The van der Waals surface area contributed by atoms with Crippen molar-refractivity contribution in [2.75, 3.05) is 12.3 Å². The SMILES string of the molecule is CC(C)([SH+]CCN)C([NH-])C(=O)O.[Cl][Pt][Cl]. The standard InChI is InChI=1S/C7H15N2O2S.2ClH.Pt/c1-7(2,12-4-3-8)5(9)6(10)11;;;/h5,9H,3-4,8H2,1-2H3,(H,10,11);2*1H;/q-1;;;+2/p-1. The van der Waals surface area contributed by atoms with Gasteiger partial charge in [-0.25, -0.2) is 0 Å². The van der Waals surface area contributed by atoms with E-state index in [1.807, 2.05) is 0 Å². The predicted octanol–water partition coefficient (Wildman–Crippen LogP) is 1.42. The Hall–Kier alpha value is 1.01. The van der Waals surface area contributed by atoms with Crippen LogP contribution in [0.3, 0.4) is 0 Å². The number of hydrogen-bond acceptors (Lipinski definition) is 2. The third kappa shape index (κ3) is 9.91. The summed E-state index contributed by atoms with van der Waals surface area (Å²) in [5, 5.41) is 8.59. The van der Waals surface area contributed by atoms with Crippen LogP contribution in [0.5, 0.6) is 0 Å². The molecule has 0 aliphatic carbocycles. The molecule has 15 heavy (non-hydrogen) atoms. The number of carboxylic acids is 1. The average Bonchev–Trinajstić information content (AvgIpc) is 2.14. The van der Waals surface area contributed by atoms with Crippen molar-refractivity contribution in [3.63, 3.8) is 0 Å². The van der Waals surface area contributed by atoms with Crippen LogP contribution in [0, 0.1) is 0 Å². The van der Waals surface area contributed by atoms with Gasteiger partial charge in [0.05, 0.1) is 0 Å². The van der Waals surface area contributed by atoms with Gasteiger partial charge < -0.3 is 16.6 Å². The molecule has 1 atom stereocenters. The maximum atomic E-state index is 10.5. The second-order valence-corrected chi connectivity index (χ2v) is 8.34. The van der Waals surface area contributed by atoms with Gasteiger partial charge in [-0.05, 0) is 25.6 Å². The van der Waals surface area contributed by atoms with Crippen molar-refractivity contribution in [1.82, 2.24) is 0 Å². The number of nitrogens with one attached hydrogen (secondary N) is 1. The van der Waals surface area contributed by atoms with E-state index in [0.29, 0.717) is 6.54 Å². The van der Waals surface area contributed by atoms with E-state index >= 15 is 0 Å². The molecule has 4 nitrogen and oxygen atoms in total. The van der Waals surface area contributed by atoms with Gasteiger partial charge in [0.25, 0.3) is 5.97 Å². The number of aliphatic carboxylic acids is 1. The van der Waals surface area contributed by atoms with Crippen molar-refractivity contribution < 1.29 is 26.4 Å². The first-order valence-corrected chi connectivity index (χ1v) is 10.7. The topological polar surface area (TPSA) is 87.1 Å². The zero-order valence-corrected chi connectivity index (χ0v) is 13.1. The second-order valence-electron chi connectivity index (χ2n) is 3.14. The molecule has 4 N–H and O–H groups in total. The molecule has 0 radical (unpaired) electrons. The van der Waals surface area contributed by atoms with E-state index < -0.39 is 33.2 Å². The van der Waals surface area contributed by atoms with Gasteiger partial charge in [0.2, 0.25) is 0 Å². The van der Waals surface area contributed by atoms with Crippen LogP contribution in [0.4, 0.5) is 0 Å². The Labute approximate surface area is 111 Å². The van der Waals surface area contributed by atoms with Crippen molar-refractivity contribution in [3.05, 3.63) is 5.73 Å². The fourth-order valence-electron chi connectivity index (χ4n) is 0.746. The molecule has 0 aromatic rings. The first-order valence-electron chi connectivity index (χ1n) is 3.98. The molecule has 0 aliphatic heterocycles. The quantitative estimate of drug-likeness (QED) is 0.483. The number of carbonyl (C=O) groups is 1. The Kier molecular flexibility index (Phi) is 12.5. The molecule has 1 unspecified atom stereocenters. The summed E-state index contributed by atoms with van der Waals surface area (Å²) in [6, 6.07) is -1.06. The van der Waals surface area contributed by atoms with Crippen LogP contribution in [-0.4, -0.2) is 34.2 Å². The van der Waals surface area contributed by atoms with Crippen molar-refractivity contribution >= 4 is 36.6 Å². The van der Waals surface area contributed by atoms with Crippen LogP contribution in [0.2, 0.25) is 0 Å². The van der Waals surface area contributed by atoms with Crippen LogP contribution in [0.1, 0.15) is 13.8 Å². The molecule has 0 bridgehead atoms. The third-order valence-electron chi connectivity index (χ3n) is 1.60. The molecular formula is C7H16Cl2N2O2PtS. The van der Waals surface area contributed by atoms with Crippen molar-refractivity contribution in [1.29, 1.82) is 0 Å². The van der Waals surface area contributed by atoms with Crippen molar-refractivity contribution in [2.24, 2.45) is 5.73 Å². The number of carboxylic acid groups (broad SMARTS) is 1. The summed E-state index contributed by atoms with van der Waals surface area (Å²) in [6.07, 6.45) is 0. The van der Waals surface area contributed by atoms with Gasteiger partial charge in [0.15, 0.2) is 0 Å². The Morgan fingerprint density at radius 2 is 2.07 bits per heavy atom. The van der Waals surface area contributed by atoms with Gasteiger partial charge in [-0.15, -0.1) is 0 Å². The minimum absolute atomic E-state index is 0.472. The van der Waals surface area contributed by atoms with Crippen LogP contribution in [0.15, 0.2) is 0 Å². The van der Waals surface area contributed by atoms with E-state index in [1.165, 1.54) is 0 Å². The molecule has 8 heteroatoms. The Morgan fingerprint density at radius 3 is 2.33 bits per heavy atom. The number of rotatable bonds is 5. The van der Waals surface area contributed by atoms with E-state index in [2.05, 4.69) is 0 Å². The molecule has 0 rings (SSSR count). The van der Waals surface area contributed by atoms with Crippen LogP contribution < -0.4 is 5.73 Å². The summed E-state index contributed by atoms with van der Waals surface area (Å²) < 4.78 is -0.509. The molecule has 0 saturated heterocycles. The van der Waals surface area contributed by atoms with Crippen molar-refractivity contribution in [3.8, 4) is 0 Å². The third-order valence-corrected chi connectivity index (χ3v) is 3.16. The first kappa shape index (κ1) is 18.4. The summed E-state index contributed by atoms with van der Waals surface area (Å²) in [7, 11) is 9.75. The normalized spacial score (nSPS) is 12.9. The number of hydrogen-bond donors (Lipinski definition) is 2. The van der Waals surface area contributed by atoms with Gasteiger partial charge in [0.1, 0.15) is 10.5 Å². The number of nitrogens with two attached hydrogens (primary N) is 1. The van der Waals surface area contributed by atoms with Crippen LogP contribution >= 0.6 is 18.8 Å². The summed E-state index contributed by atoms with van der Waals surface area (Å²) in [5.41, 5.74) is 12.7. The van der Waals surface area contributed by atoms with E-state index in [9.17, 15) is 4.79 Å². The molecule has 0 amide bonds. The Morgan fingerprint density at radius 1 is 1.67 bits per heavy atom. The molecule has 0 aromatic carbocycles. The summed E-state index contributed by atoms with van der Waals surface area (Å²) in [6.45, 7) is 4.09. The summed E-state index contributed by atoms with van der Waals surface area (Å²) in [5.74, 6) is -0.320. The molecule has 0 aliphatic rings. The maximum absolute atomic E-state index is 10.5. The monoisotopic (exact) mass is 457 g/mol. The minimum atomic E-state index is -1.07. The Bertz CT molecular complexity index is 186. The van der Waals surface area contributed by atoms with E-state index in [4.69, 9.17) is 35.4 Å². The number of thiol groups is 1. The molecule has 96 valence electrons. The van der Waals surface area contributed by atoms with E-state index in [-0.39, 0.29) is 0 Å². The molecule has 0 aromatic heterocycles. The van der Waals surface area contributed by atoms with E-state index in [1.54, 1.807) is 13.8 Å². The number of halogens is 2. The van der Waals surface area contributed by atoms with Crippen molar-refractivity contribution in [2.45, 2.75) is 24.6 Å². The fraction of sp³-hybridized carbons (Fsp3) is 0.857. The zero-order valence-electron chi connectivity index (χ0n) is 8.44. The van der Waals surface area contributed by atoms with Crippen LogP contribution in [-0.2, 0) is 33.0 Å². The van der Waals surface area contributed by atoms with Gasteiger partial charge in [-0.3, -0.25) is 4.79 Å². The van der Waals surface area contributed by atoms with E-state index in [0.717, 1.165) is 17.5 Å². The molecule has 0 spiro atoms. The first-order chi connectivity index (χ1) is 6.83. The van der Waals surface area contributed by atoms with Gasteiger partial charge in [-0.2, -0.15) is 0 Å². The average molecular weight is 458 g/mol. The fourth-order valence-corrected chi connectivity index (χ4v) is 1.74. The van der Waals surface area contributed by atoms with Crippen LogP contribution in [0.25, 0.3) is 5.73 Å². The summed E-state index contributed by atoms with van der Waals surface area (Å²) in [4.78, 5) is 10.5. The zero-order chi connectivity index (χ0) is 12.5. The Balaban J connectivity index is 0. The predicted molar refractivity (Wildman–Crippen MR) is 64.2 cm³/mol. The molecule has 0 fully saturated rings. The molecular weight excluding hydrogens is 442 g/mol. The summed E-state index contributed by atoms with van der Waals surface area (Å²) >= 11 is 0.458.